The Hall–Kier alpha value is -0.960. The molecular weight excluding hydrogens is 256 g/mol. The second-order valence-electron chi connectivity index (χ2n) is 2.96. The van der Waals surface area contributed by atoms with Gasteiger partial charge >= 0.3 is 0 Å². The van der Waals surface area contributed by atoms with E-state index >= 15 is 0 Å². The molecule has 0 N–H and O–H groups in total. The maximum absolute atomic E-state index is 5.53. The molecule has 0 bridgehead atoms. The molecular formula is C12H15BrO2. The number of hydrogen-bond acceptors (Lipinski definition) is 2. The van der Waals surface area contributed by atoms with Crippen molar-refractivity contribution in [3.05, 3.63) is 28.2 Å². The Kier molecular flexibility index (Phi) is 4.69. The first-order valence-corrected chi connectivity index (χ1v) is 5.65. The van der Waals surface area contributed by atoms with Crippen molar-refractivity contribution in [2.75, 3.05) is 13.7 Å². The number of methoxy groups -OCH3 is 1. The molecule has 0 fully saturated rings. The van der Waals surface area contributed by atoms with Gasteiger partial charge in [0, 0.05) is 11.6 Å². The Balaban J connectivity index is 3.18. The van der Waals surface area contributed by atoms with Gasteiger partial charge in [-0.25, -0.2) is 0 Å². The molecule has 0 atom stereocenters. The predicted molar refractivity (Wildman–Crippen MR) is 66.6 cm³/mol. The van der Waals surface area contributed by atoms with Gasteiger partial charge in [-0.1, -0.05) is 12.2 Å². The summed E-state index contributed by atoms with van der Waals surface area (Å²) >= 11 is 3.45. The van der Waals surface area contributed by atoms with Crippen LogP contribution in [0.1, 0.15) is 19.4 Å². The maximum Gasteiger partial charge on any atom is 0.136 e. The number of halogens is 1. The van der Waals surface area contributed by atoms with Crippen molar-refractivity contribution in [2.24, 2.45) is 0 Å². The quantitative estimate of drug-likeness (QED) is 0.827. The van der Waals surface area contributed by atoms with E-state index in [0.29, 0.717) is 6.61 Å². The molecule has 0 radical (unpaired) electrons. The molecule has 0 aromatic heterocycles. The minimum absolute atomic E-state index is 0.648. The smallest absolute Gasteiger partial charge is 0.136 e. The van der Waals surface area contributed by atoms with Gasteiger partial charge in [-0.05, 0) is 35.8 Å². The summed E-state index contributed by atoms with van der Waals surface area (Å²) in [5.41, 5.74) is 1.05. The fourth-order valence-corrected chi connectivity index (χ4v) is 1.82. The molecule has 82 valence electrons. The van der Waals surface area contributed by atoms with Gasteiger partial charge < -0.3 is 9.47 Å². The Morgan fingerprint density at radius 2 is 2.07 bits per heavy atom. The highest BCUT2D eigenvalue weighted by Gasteiger charge is 2.07. The number of rotatable bonds is 4. The zero-order valence-electron chi connectivity index (χ0n) is 9.21. The van der Waals surface area contributed by atoms with Crippen molar-refractivity contribution >= 4 is 22.0 Å². The number of benzene rings is 1. The Morgan fingerprint density at radius 1 is 1.33 bits per heavy atom. The summed E-state index contributed by atoms with van der Waals surface area (Å²) in [7, 11) is 1.64. The topological polar surface area (TPSA) is 18.5 Å². The summed E-state index contributed by atoms with van der Waals surface area (Å²) in [6, 6.07) is 3.88. The molecule has 15 heavy (non-hydrogen) atoms. The fraction of sp³-hybridized carbons (Fsp3) is 0.333. The van der Waals surface area contributed by atoms with Crippen LogP contribution in [0.25, 0.3) is 6.08 Å². The normalized spacial score (nSPS) is 10.7. The second-order valence-corrected chi connectivity index (χ2v) is 3.81. The molecule has 0 amide bonds. The largest absolute Gasteiger partial charge is 0.495 e. The lowest BCUT2D eigenvalue weighted by molar-refractivity contribution is 0.335. The SMILES string of the molecule is C/C=C/c1cc(Br)c(OC)cc1OCC. The average molecular weight is 271 g/mol. The summed E-state index contributed by atoms with van der Waals surface area (Å²) in [6.07, 6.45) is 3.99. The van der Waals surface area contributed by atoms with Crippen molar-refractivity contribution in [3.63, 3.8) is 0 Å². The molecule has 0 unspecified atom stereocenters. The van der Waals surface area contributed by atoms with Crippen LogP contribution in [0, 0.1) is 0 Å². The Labute approximate surface area is 99.0 Å². The van der Waals surface area contributed by atoms with E-state index in [1.807, 2.05) is 38.1 Å². The second kappa shape index (κ2) is 5.81. The van der Waals surface area contributed by atoms with Gasteiger partial charge in [-0.2, -0.15) is 0 Å². The molecule has 1 rings (SSSR count). The van der Waals surface area contributed by atoms with Crippen LogP contribution in [-0.2, 0) is 0 Å². The van der Waals surface area contributed by atoms with Gasteiger partial charge in [-0.3, -0.25) is 0 Å². The summed E-state index contributed by atoms with van der Waals surface area (Å²) in [6.45, 7) is 4.59. The van der Waals surface area contributed by atoms with Crippen LogP contribution >= 0.6 is 15.9 Å². The molecule has 1 aromatic carbocycles. The first-order chi connectivity index (χ1) is 7.22. The third-order valence-electron chi connectivity index (χ3n) is 1.93. The van der Waals surface area contributed by atoms with Crippen LogP contribution in [-0.4, -0.2) is 13.7 Å². The molecule has 0 heterocycles. The van der Waals surface area contributed by atoms with E-state index in [4.69, 9.17) is 9.47 Å². The summed E-state index contributed by atoms with van der Waals surface area (Å²) < 4.78 is 11.7. The first-order valence-electron chi connectivity index (χ1n) is 4.86. The zero-order valence-corrected chi connectivity index (χ0v) is 10.8. The van der Waals surface area contributed by atoms with Crippen molar-refractivity contribution in [3.8, 4) is 11.5 Å². The molecule has 3 heteroatoms. The third kappa shape index (κ3) is 2.99. The lowest BCUT2D eigenvalue weighted by Gasteiger charge is -2.11. The van der Waals surface area contributed by atoms with E-state index in [-0.39, 0.29) is 0 Å². The van der Waals surface area contributed by atoms with Crippen molar-refractivity contribution in [1.29, 1.82) is 0 Å². The van der Waals surface area contributed by atoms with Gasteiger partial charge in [0.2, 0.25) is 0 Å². The summed E-state index contributed by atoms with van der Waals surface area (Å²) in [5.74, 6) is 1.63. The highest BCUT2D eigenvalue weighted by Crippen LogP contribution is 2.33. The van der Waals surface area contributed by atoms with Crippen molar-refractivity contribution in [2.45, 2.75) is 13.8 Å². The molecule has 0 aliphatic carbocycles. The number of hydrogen-bond donors (Lipinski definition) is 0. The van der Waals surface area contributed by atoms with Gasteiger partial charge in [0.15, 0.2) is 0 Å². The average Bonchev–Trinajstić information content (AvgIpc) is 2.22. The summed E-state index contributed by atoms with van der Waals surface area (Å²) in [5, 5.41) is 0. The van der Waals surface area contributed by atoms with Crippen LogP contribution < -0.4 is 9.47 Å². The van der Waals surface area contributed by atoms with Crippen LogP contribution in [0.15, 0.2) is 22.7 Å². The molecule has 0 spiro atoms. The minimum atomic E-state index is 0.648. The molecule has 1 aromatic rings. The van der Waals surface area contributed by atoms with E-state index in [0.717, 1.165) is 21.5 Å². The van der Waals surface area contributed by atoms with E-state index in [1.165, 1.54) is 0 Å². The van der Waals surface area contributed by atoms with Crippen LogP contribution in [0.3, 0.4) is 0 Å². The van der Waals surface area contributed by atoms with Crippen molar-refractivity contribution < 1.29 is 9.47 Å². The maximum atomic E-state index is 5.53. The van der Waals surface area contributed by atoms with Crippen LogP contribution in [0.2, 0.25) is 0 Å². The van der Waals surface area contributed by atoms with Crippen molar-refractivity contribution in [1.82, 2.24) is 0 Å². The number of ether oxygens (including phenoxy) is 2. The van der Waals surface area contributed by atoms with E-state index in [9.17, 15) is 0 Å². The lowest BCUT2D eigenvalue weighted by atomic mass is 10.2. The van der Waals surface area contributed by atoms with Crippen LogP contribution in [0.5, 0.6) is 11.5 Å². The number of allylic oxidation sites excluding steroid dienone is 1. The fourth-order valence-electron chi connectivity index (χ4n) is 1.30. The zero-order chi connectivity index (χ0) is 11.3. The van der Waals surface area contributed by atoms with E-state index < -0.39 is 0 Å². The minimum Gasteiger partial charge on any atom is -0.495 e. The Bertz CT molecular complexity index is 359. The summed E-state index contributed by atoms with van der Waals surface area (Å²) in [4.78, 5) is 0. The van der Waals surface area contributed by atoms with E-state index in [2.05, 4.69) is 15.9 Å². The van der Waals surface area contributed by atoms with Crippen LogP contribution in [0.4, 0.5) is 0 Å². The van der Waals surface area contributed by atoms with Gasteiger partial charge in [-0.15, -0.1) is 0 Å². The van der Waals surface area contributed by atoms with Gasteiger partial charge in [0.05, 0.1) is 18.2 Å². The standard InChI is InChI=1S/C12H15BrO2/c1-4-6-9-7-10(13)12(14-3)8-11(9)15-5-2/h4,6-8H,5H2,1-3H3/b6-4+. The highest BCUT2D eigenvalue weighted by molar-refractivity contribution is 9.10. The van der Waals surface area contributed by atoms with Gasteiger partial charge in [0.1, 0.15) is 11.5 Å². The highest BCUT2D eigenvalue weighted by atomic mass is 79.9. The van der Waals surface area contributed by atoms with E-state index in [1.54, 1.807) is 7.11 Å². The molecule has 0 saturated heterocycles. The third-order valence-corrected chi connectivity index (χ3v) is 2.55. The predicted octanol–water partition coefficient (Wildman–Crippen LogP) is 3.89. The first kappa shape index (κ1) is 12.1. The molecule has 2 nitrogen and oxygen atoms in total. The molecule has 0 aliphatic heterocycles. The monoisotopic (exact) mass is 270 g/mol. The van der Waals surface area contributed by atoms with Gasteiger partial charge in [0.25, 0.3) is 0 Å². The Morgan fingerprint density at radius 3 is 2.60 bits per heavy atom. The lowest BCUT2D eigenvalue weighted by Crippen LogP contribution is -1.95. The molecule has 0 saturated carbocycles. The molecule has 0 aliphatic rings.